The standard InChI is InChI=1S/C16H17N5O/c1-16(2,17-3)15-20-14(21-22-15)13-8-7-11(10-19-13)12-6-4-5-9-18-12/h4-10,17H,1-3H3. The lowest BCUT2D eigenvalue weighted by molar-refractivity contribution is 0.281. The van der Waals surface area contributed by atoms with Crippen LogP contribution in [-0.4, -0.2) is 27.2 Å². The van der Waals surface area contributed by atoms with Crippen LogP contribution in [0.25, 0.3) is 22.8 Å². The molecule has 6 heteroatoms. The third-order valence-electron chi connectivity index (χ3n) is 3.54. The molecule has 0 amide bonds. The number of hydrogen-bond acceptors (Lipinski definition) is 6. The van der Waals surface area contributed by atoms with Crippen molar-refractivity contribution in [3.8, 4) is 22.8 Å². The summed E-state index contributed by atoms with van der Waals surface area (Å²) in [6, 6.07) is 9.59. The molecule has 0 unspecified atom stereocenters. The zero-order chi connectivity index (χ0) is 15.6. The smallest absolute Gasteiger partial charge is 0.246 e. The molecule has 0 spiro atoms. The molecule has 3 aromatic rings. The minimum atomic E-state index is -0.376. The summed E-state index contributed by atoms with van der Waals surface area (Å²) >= 11 is 0. The predicted molar refractivity (Wildman–Crippen MR) is 82.8 cm³/mol. The molecule has 0 aliphatic rings. The first-order valence-corrected chi connectivity index (χ1v) is 7.01. The van der Waals surface area contributed by atoms with Crippen molar-refractivity contribution in [2.45, 2.75) is 19.4 Å². The van der Waals surface area contributed by atoms with Crippen LogP contribution in [0.4, 0.5) is 0 Å². The Kier molecular flexibility index (Phi) is 3.68. The second-order valence-corrected chi connectivity index (χ2v) is 5.45. The van der Waals surface area contributed by atoms with Gasteiger partial charge in [0.05, 0.1) is 11.2 Å². The molecule has 0 aliphatic carbocycles. The molecular weight excluding hydrogens is 278 g/mol. The normalized spacial score (nSPS) is 11.6. The summed E-state index contributed by atoms with van der Waals surface area (Å²) in [7, 11) is 1.85. The summed E-state index contributed by atoms with van der Waals surface area (Å²) in [6.07, 6.45) is 3.52. The lowest BCUT2D eigenvalue weighted by Gasteiger charge is -2.17. The van der Waals surface area contributed by atoms with Crippen LogP contribution >= 0.6 is 0 Å². The van der Waals surface area contributed by atoms with E-state index in [-0.39, 0.29) is 5.54 Å². The SMILES string of the molecule is CNC(C)(C)c1nc(-c2ccc(-c3ccccn3)cn2)no1. The van der Waals surface area contributed by atoms with E-state index in [0.717, 1.165) is 11.3 Å². The molecule has 0 fully saturated rings. The molecular formula is C16H17N5O. The van der Waals surface area contributed by atoms with Gasteiger partial charge in [0.25, 0.3) is 0 Å². The van der Waals surface area contributed by atoms with Crippen LogP contribution < -0.4 is 5.32 Å². The fourth-order valence-corrected chi connectivity index (χ4v) is 1.90. The fraction of sp³-hybridized carbons (Fsp3) is 0.250. The molecule has 0 saturated carbocycles. The first-order chi connectivity index (χ1) is 10.6. The van der Waals surface area contributed by atoms with Crippen molar-refractivity contribution in [3.05, 3.63) is 48.6 Å². The first-order valence-electron chi connectivity index (χ1n) is 7.01. The summed E-state index contributed by atoms with van der Waals surface area (Å²) in [5.41, 5.74) is 2.12. The van der Waals surface area contributed by atoms with Crippen LogP contribution in [0.2, 0.25) is 0 Å². The second-order valence-electron chi connectivity index (χ2n) is 5.45. The highest BCUT2D eigenvalue weighted by atomic mass is 16.5. The molecule has 0 saturated heterocycles. The van der Waals surface area contributed by atoms with Crippen molar-refractivity contribution in [1.29, 1.82) is 0 Å². The summed E-state index contributed by atoms with van der Waals surface area (Å²) in [4.78, 5) is 13.1. The van der Waals surface area contributed by atoms with E-state index in [0.29, 0.717) is 17.4 Å². The molecule has 6 nitrogen and oxygen atoms in total. The van der Waals surface area contributed by atoms with E-state index >= 15 is 0 Å². The Bertz CT molecular complexity index is 750. The van der Waals surface area contributed by atoms with Gasteiger partial charge in [0.15, 0.2) is 0 Å². The molecule has 1 N–H and O–H groups in total. The molecule has 0 bridgehead atoms. The summed E-state index contributed by atoms with van der Waals surface area (Å²) < 4.78 is 5.31. The quantitative estimate of drug-likeness (QED) is 0.797. The highest BCUT2D eigenvalue weighted by Gasteiger charge is 2.25. The van der Waals surface area contributed by atoms with Gasteiger partial charge >= 0.3 is 0 Å². The second kappa shape index (κ2) is 5.65. The Morgan fingerprint density at radius 3 is 2.55 bits per heavy atom. The molecule has 22 heavy (non-hydrogen) atoms. The average molecular weight is 295 g/mol. The van der Waals surface area contributed by atoms with Crippen LogP contribution in [0.1, 0.15) is 19.7 Å². The zero-order valence-corrected chi connectivity index (χ0v) is 12.7. The van der Waals surface area contributed by atoms with Gasteiger partial charge in [-0.1, -0.05) is 11.2 Å². The summed E-state index contributed by atoms with van der Waals surface area (Å²) in [6.45, 7) is 3.95. The number of pyridine rings is 2. The molecule has 0 atom stereocenters. The van der Waals surface area contributed by atoms with Crippen molar-refractivity contribution >= 4 is 0 Å². The fourth-order valence-electron chi connectivity index (χ4n) is 1.90. The maximum absolute atomic E-state index is 5.31. The van der Waals surface area contributed by atoms with Gasteiger partial charge in [-0.3, -0.25) is 9.97 Å². The lowest BCUT2D eigenvalue weighted by Crippen LogP contribution is -2.33. The van der Waals surface area contributed by atoms with Crippen LogP contribution in [0.3, 0.4) is 0 Å². The highest BCUT2D eigenvalue weighted by Crippen LogP contribution is 2.22. The van der Waals surface area contributed by atoms with Crippen molar-refractivity contribution in [3.63, 3.8) is 0 Å². The third-order valence-corrected chi connectivity index (χ3v) is 3.54. The van der Waals surface area contributed by atoms with Crippen LogP contribution in [0.5, 0.6) is 0 Å². The van der Waals surface area contributed by atoms with Crippen molar-refractivity contribution in [2.24, 2.45) is 0 Å². The molecule has 3 rings (SSSR count). The van der Waals surface area contributed by atoms with Gasteiger partial charge in [0.1, 0.15) is 5.69 Å². The van der Waals surface area contributed by atoms with Crippen molar-refractivity contribution < 1.29 is 4.52 Å². The number of nitrogens with one attached hydrogen (secondary N) is 1. The topological polar surface area (TPSA) is 76.7 Å². The minimum Gasteiger partial charge on any atom is -0.337 e. The van der Waals surface area contributed by atoms with E-state index < -0.39 is 0 Å². The Morgan fingerprint density at radius 2 is 1.91 bits per heavy atom. The number of aromatic nitrogens is 4. The van der Waals surface area contributed by atoms with Crippen LogP contribution in [0.15, 0.2) is 47.2 Å². The maximum atomic E-state index is 5.31. The van der Waals surface area contributed by atoms with E-state index in [1.165, 1.54) is 0 Å². The Balaban J connectivity index is 1.88. The van der Waals surface area contributed by atoms with Gasteiger partial charge < -0.3 is 9.84 Å². The number of nitrogens with zero attached hydrogens (tertiary/aromatic N) is 4. The summed E-state index contributed by atoms with van der Waals surface area (Å²) in [5.74, 6) is 1.01. The van der Waals surface area contributed by atoms with E-state index in [4.69, 9.17) is 4.52 Å². The molecule has 112 valence electrons. The average Bonchev–Trinajstić information content (AvgIpc) is 3.07. The molecule has 3 aromatic heterocycles. The van der Waals surface area contributed by atoms with Gasteiger partial charge in [-0.25, -0.2) is 0 Å². The first kappa shape index (κ1) is 14.3. The van der Waals surface area contributed by atoms with E-state index in [9.17, 15) is 0 Å². The summed E-state index contributed by atoms with van der Waals surface area (Å²) in [5, 5.41) is 7.13. The third kappa shape index (κ3) is 2.73. The van der Waals surface area contributed by atoms with Gasteiger partial charge in [0, 0.05) is 18.0 Å². The predicted octanol–water partition coefficient (Wildman–Crippen LogP) is 2.65. The maximum Gasteiger partial charge on any atom is 0.246 e. The molecule has 0 radical (unpaired) electrons. The minimum absolute atomic E-state index is 0.376. The molecule has 0 aliphatic heterocycles. The molecule has 3 heterocycles. The van der Waals surface area contributed by atoms with Gasteiger partial charge in [0.2, 0.25) is 11.7 Å². The van der Waals surface area contributed by atoms with Crippen LogP contribution in [0, 0.1) is 0 Å². The van der Waals surface area contributed by atoms with E-state index in [1.54, 1.807) is 12.4 Å². The lowest BCUT2D eigenvalue weighted by atomic mass is 10.1. The van der Waals surface area contributed by atoms with Crippen molar-refractivity contribution in [1.82, 2.24) is 25.4 Å². The number of rotatable bonds is 4. The number of hydrogen-bond donors (Lipinski definition) is 1. The van der Waals surface area contributed by atoms with Crippen molar-refractivity contribution in [2.75, 3.05) is 7.05 Å². The monoisotopic (exact) mass is 295 g/mol. The van der Waals surface area contributed by atoms with Gasteiger partial charge in [-0.2, -0.15) is 4.98 Å². The Hall–Kier alpha value is -2.60. The largest absolute Gasteiger partial charge is 0.337 e. The van der Waals surface area contributed by atoms with Gasteiger partial charge in [-0.15, -0.1) is 0 Å². The van der Waals surface area contributed by atoms with Crippen LogP contribution in [-0.2, 0) is 5.54 Å². The van der Waals surface area contributed by atoms with E-state index in [2.05, 4.69) is 25.4 Å². The molecule has 0 aromatic carbocycles. The highest BCUT2D eigenvalue weighted by molar-refractivity contribution is 5.60. The Labute approximate surface area is 128 Å². The van der Waals surface area contributed by atoms with E-state index in [1.807, 2.05) is 51.2 Å². The van der Waals surface area contributed by atoms with Gasteiger partial charge in [-0.05, 0) is 45.2 Å². The zero-order valence-electron chi connectivity index (χ0n) is 12.7. The Morgan fingerprint density at radius 1 is 1.05 bits per heavy atom.